The second-order valence-corrected chi connectivity index (χ2v) is 8.10. The van der Waals surface area contributed by atoms with Gasteiger partial charge in [0.2, 0.25) is 0 Å². The number of aryl methyl sites for hydroxylation is 2. The molecule has 0 radical (unpaired) electrons. The molecule has 0 aliphatic carbocycles. The Morgan fingerprint density at radius 2 is 1.59 bits per heavy atom. The molecule has 0 saturated heterocycles. The zero-order chi connectivity index (χ0) is 22.1. The molecular weight excluding hydrogens is 394 g/mol. The highest BCUT2D eigenvalue weighted by molar-refractivity contribution is 5.82. The Morgan fingerprint density at radius 1 is 0.781 bits per heavy atom. The number of rotatable bonds is 5. The Balaban J connectivity index is 1.70. The Labute approximate surface area is 188 Å². The topological polar surface area (TPSA) is 39.9 Å². The van der Waals surface area contributed by atoms with Crippen LogP contribution in [0.5, 0.6) is 5.75 Å². The van der Waals surface area contributed by atoms with Crippen LogP contribution in [0, 0.1) is 13.8 Å². The summed E-state index contributed by atoms with van der Waals surface area (Å²) in [5, 5.41) is 0. The van der Waals surface area contributed by atoms with Gasteiger partial charge in [0.25, 0.3) is 0 Å². The van der Waals surface area contributed by atoms with Crippen molar-refractivity contribution >= 4 is 11.2 Å². The van der Waals surface area contributed by atoms with Gasteiger partial charge in [0.15, 0.2) is 5.65 Å². The van der Waals surface area contributed by atoms with Crippen molar-refractivity contribution in [3.05, 3.63) is 102 Å². The molecule has 0 N–H and O–H groups in total. The Hall–Kier alpha value is -3.92. The lowest BCUT2D eigenvalue weighted by molar-refractivity contribution is 0.415. The molecular formula is C28H25N3O. The first kappa shape index (κ1) is 20.0. The number of hydrogen-bond acceptors (Lipinski definition) is 3. The number of nitrogens with zero attached hydrogens (tertiary/aromatic N) is 3. The van der Waals surface area contributed by atoms with Crippen molar-refractivity contribution in [2.75, 3.05) is 7.11 Å². The first-order chi connectivity index (χ1) is 15.6. The lowest BCUT2D eigenvalue weighted by Gasteiger charge is -2.12. The van der Waals surface area contributed by atoms with Crippen LogP contribution < -0.4 is 4.74 Å². The highest BCUT2D eigenvalue weighted by Gasteiger charge is 2.16. The maximum absolute atomic E-state index is 5.46. The summed E-state index contributed by atoms with van der Waals surface area (Å²) in [6, 6.07) is 27.2. The molecule has 5 rings (SSSR count). The van der Waals surface area contributed by atoms with Crippen LogP contribution in [-0.4, -0.2) is 21.6 Å². The number of hydrogen-bond donors (Lipinski definition) is 0. The fourth-order valence-corrected chi connectivity index (χ4v) is 4.02. The molecule has 5 aromatic rings. The zero-order valence-corrected chi connectivity index (χ0v) is 18.5. The van der Waals surface area contributed by atoms with Crippen LogP contribution in [0.2, 0.25) is 0 Å². The summed E-state index contributed by atoms with van der Waals surface area (Å²) in [4.78, 5) is 9.64. The maximum Gasteiger partial charge on any atom is 0.178 e. The van der Waals surface area contributed by atoms with E-state index in [0.29, 0.717) is 6.54 Å². The normalized spacial score (nSPS) is 11.1. The van der Waals surface area contributed by atoms with Crippen molar-refractivity contribution in [3.8, 4) is 28.3 Å². The Bertz CT molecular complexity index is 1400. The van der Waals surface area contributed by atoms with E-state index in [-0.39, 0.29) is 0 Å². The number of pyridine rings is 1. The fraction of sp³-hybridized carbons (Fsp3) is 0.143. The third kappa shape index (κ3) is 3.76. The van der Waals surface area contributed by atoms with Gasteiger partial charge in [0.05, 0.1) is 12.6 Å². The number of imidazole rings is 1. The molecule has 0 fully saturated rings. The van der Waals surface area contributed by atoms with Crippen molar-refractivity contribution in [2.45, 2.75) is 20.4 Å². The predicted molar refractivity (Wildman–Crippen MR) is 130 cm³/mol. The quantitative estimate of drug-likeness (QED) is 0.329. The van der Waals surface area contributed by atoms with Gasteiger partial charge in [-0.2, -0.15) is 0 Å². The van der Waals surface area contributed by atoms with Gasteiger partial charge in [-0.05, 0) is 54.3 Å². The van der Waals surface area contributed by atoms with Crippen LogP contribution in [0.15, 0.2) is 85.1 Å². The van der Waals surface area contributed by atoms with E-state index < -0.39 is 0 Å². The molecule has 0 saturated carbocycles. The fourth-order valence-electron chi connectivity index (χ4n) is 4.02. The lowest BCUT2D eigenvalue weighted by Crippen LogP contribution is -2.03. The predicted octanol–water partition coefficient (Wildman–Crippen LogP) is 6.44. The van der Waals surface area contributed by atoms with E-state index in [2.05, 4.69) is 60.9 Å². The van der Waals surface area contributed by atoms with E-state index in [1.807, 2.05) is 42.6 Å². The molecule has 0 unspecified atom stereocenters. The van der Waals surface area contributed by atoms with E-state index in [0.717, 1.165) is 39.4 Å². The molecule has 0 amide bonds. The largest absolute Gasteiger partial charge is 0.497 e. The van der Waals surface area contributed by atoms with Gasteiger partial charge in [-0.25, -0.2) is 9.97 Å². The van der Waals surface area contributed by atoms with Gasteiger partial charge < -0.3 is 9.30 Å². The third-order valence-corrected chi connectivity index (χ3v) is 5.95. The van der Waals surface area contributed by atoms with Gasteiger partial charge in [0.1, 0.15) is 11.6 Å². The number of fused-ring (bicyclic) bond motifs is 1. The highest BCUT2D eigenvalue weighted by atomic mass is 16.5. The number of ether oxygens (including phenoxy) is 1. The van der Waals surface area contributed by atoms with Gasteiger partial charge in [0, 0.05) is 23.9 Å². The molecule has 0 spiro atoms. The van der Waals surface area contributed by atoms with Gasteiger partial charge in [-0.1, -0.05) is 60.7 Å². The minimum atomic E-state index is 0.712. The summed E-state index contributed by atoms with van der Waals surface area (Å²) in [6.45, 7) is 5.01. The molecule has 0 bridgehead atoms. The number of benzene rings is 3. The standard InChI is InChI=1S/C28H25N3O/c1-19-12-13-21(14-20(19)2)18-31-26-16-24(22-8-5-4-6-9-22)17-29-27(26)30-28(31)23-10-7-11-25(15-23)32-3/h4-17H,18H2,1-3H3. The van der Waals surface area contributed by atoms with E-state index in [1.165, 1.54) is 16.7 Å². The molecule has 158 valence electrons. The van der Waals surface area contributed by atoms with Crippen LogP contribution in [0.3, 0.4) is 0 Å². The van der Waals surface area contributed by atoms with Crippen LogP contribution >= 0.6 is 0 Å². The van der Waals surface area contributed by atoms with Gasteiger partial charge >= 0.3 is 0 Å². The second kappa shape index (κ2) is 8.31. The van der Waals surface area contributed by atoms with E-state index in [4.69, 9.17) is 14.7 Å². The third-order valence-electron chi connectivity index (χ3n) is 5.95. The molecule has 2 aromatic heterocycles. The smallest absolute Gasteiger partial charge is 0.178 e. The van der Waals surface area contributed by atoms with Crippen molar-refractivity contribution in [1.82, 2.24) is 14.5 Å². The molecule has 4 nitrogen and oxygen atoms in total. The van der Waals surface area contributed by atoms with Gasteiger partial charge in [-0.15, -0.1) is 0 Å². The number of methoxy groups -OCH3 is 1. The summed E-state index contributed by atoms with van der Waals surface area (Å²) in [5.74, 6) is 1.69. The molecule has 0 atom stereocenters. The lowest BCUT2D eigenvalue weighted by atomic mass is 10.1. The average Bonchev–Trinajstić information content (AvgIpc) is 3.19. The van der Waals surface area contributed by atoms with Gasteiger partial charge in [-0.3, -0.25) is 0 Å². The summed E-state index contributed by atoms with van der Waals surface area (Å²) in [6.07, 6.45) is 1.90. The van der Waals surface area contributed by atoms with Crippen LogP contribution in [0.4, 0.5) is 0 Å². The number of aromatic nitrogens is 3. The van der Waals surface area contributed by atoms with Crippen molar-refractivity contribution in [2.24, 2.45) is 0 Å². The monoisotopic (exact) mass is 419 g/mol. The molecule has 4 heteroatoms. The average molecular weight is 420 g/mol. The second-order valence-electron chi connectivity index (χ2n) is 8.10. The zero-order valence-electron chi connectivity index (χ0n) is 18.5. The highest BCUT2D eigenvalue weighted by Crippen LogP contribution is 2.30. The van der Waals surface area contributed by atoms with Crippen LogP contribution in [-0.2, 0) is 6.54 Å². The molecule has 0 aliphatic heterocycles. The SMILES string of the molecule is COc1cccc(-c2nc3ncc(-c4ccccc4)cc3n2Cc2ccc(C)c(C)c2)c1. The van der Waals surface area contributed by atoms with Crippen LogP contribution in [0.1, 0.15) is 16.7 Å². The Morgan fingerprint density at radius 3 is 2.38 bits per heavy atom. The summed E-state index contributed by atoms with van der Waals surface area (Å²) < 4.78 is 7.72. The first-order valence-corrected chi connectivity index (χ1v) is 10.7. The van der Waals surface area contributed by atoms with E-state index in [1.54, 1.807) is 7.11 Å². The van der Waals surface area contributed by atoms with Crippen molar-refractivity contribution in [3.63, 3.8) is 0 Å². The molecule has 2 heterocycles. The maximum atomic E-state index is 5.46. The summed E-state index contributed by atoms with van der Waals surface area (Å²) in [7, 11) is 1.69. The van der Waals surface area contributed by atoms with Crippen molar-refractivity contribution < 1.29 is 4.74 Å². The minimum absolute atomic E-state index is 0.712. The first-order valence-electron chi connectivity index (χ1n) is 10.7. The summed E-state index contributed by atoms with van der Waals surface area (Å²) in [5.41, 5.74) is 8.81. The van der Waals surface area contributed by atoms with Crippen LogP contribution in [0.25, 0.3) is 33.7 Å². The van der Waals surface area contributed by atoms with E-state index in [9.17, 15) is 0 Å². The van der Waals surface area contributed by atoms with E-state index >= 15 is 0 Å². The Kier molecular flexibility index (Phi) is 5.20. The molecule has 0 aliphatic rings. The summed E-state index contributed by atoms with van der Waals surface area (Å²) >= 11 is 0. The molecule has 32 heavy (non-hydrogen) atoms. The molecule has 3 aromatic carbocycles. The van der Waals surface area contributed by atoms with Crippen molar-refractivity contribution in [1.29, 1.82) is 0 Å². The minimum Gasteiger partial charge on any atom is -0.497 e.